The Kier molecular flexibility index (Phi) is 8.32. The number of rotatable bonds is 9. The number of hydrogen-bond acceptors (Lipinski definition) is 4. The van der Waals surface area contributed by atoms with Gasteiger partial charge in [0.15, 0.2) is 0 Å². The number of carbonyl (C=O) groups is 1. The third-order valence-electron chi connectivity index (χ3n) is 4.49. The topological polar surface area (TPSA) is 20.3 Å². The molecule has 0 radical (unpaired) electrons. The Labute approximate surface area is 160 Å². The summed E-state index contributed by atoms with van der Waals surface area (Å²) < 4.78 is 0.523. The van der Waals surface area contributed by atoms with E-state index in [4.69, 9.17) is 11.6 Å². The van der Waals surface area contributed by atoms with Gasteiger partial charge in [-0.15, -0.1) is 23.5 Å². The van der Waals surface area contributed by atoms with Crippen LogP contribution in [-0.4, -0.2) is 33.9 Å². The number of benzene rings is 1. The molecule has 5 heteroatoms. The summed E-state index contributed by atoms with van der Waals surface area (Å²) in [5.41, 5.74) is 3.89. The largest absolute Gasteiger partial charge is 0.358 e. The minimum absolute atomic E-state index is 0.224. The lowest BCUT2D eigenvalue weighted by Gasteiger charge is -2.36. The fraction of sp³-hybridized carbons (Fsp3) is 0.632. The van der Waals surface area contributed by atoms with Crippen LogP contribution in [0.25, 0.3) is 0 Å². The van der Waals surface area contributed by atoms with Crippen molar-refractivity contribution in [1.29, 1.82) is 0 Å². The summed E-state index contributed by atoms with van der Waals surface area (Å²) in [6.07, 6.45) is 3.71. The highest BCUT2D eigenvalue weighted by molar-refractivity contribution is 8.20. The molecule has 1 aromatic carbocycles. The van der Waals surface area contributed by atoms with Gasteiger partial charge in [-0.25, -0.2) is 0 Å². The molecular formula is C19H28ClNOS2. The van der Waals surface area contributed by atoms with Crippen molar-refractivity contribution in [1.82, 2.24) is 0 Å². The Morgan fingerprint density at radius 2 is 1.79 bits per heavy atom. The van der Waals surface area contributed by atoms with Crippen LogP contribution >= 0.6 is 35.1 Å². The average Bonchev–Trinajstić information content (AvgIpc) is 3.10. The molecule has 0 bridgehead atoms. The minimum atomic E-state index is -0.225. The van der Waals surface area contributed by atoms with Gasteiger partial charge in [0.25, 0.3) is 0 Å². The highest BCUT2D eigenvalue weighted by atomic mass is 35.5. The summed E-state index contributed by atoms with van der Waals surface area (Å²) in [5.74, 6) is 2.40. The molecule has 0 N–H and O–H groups in total. The molecule has 1 atom stereocenters. The van der Waals surface area contributed by atoms with E-state index in [2.05, 4.69) is 43.9 Å². The third kappa shape index (κ3) is 4.86. The molecule has 0 spiro atoms. The van der Waals surface area contributed by atoms with E-state index in [1.165, 1.54) is 28.3 Å². The Morgan fingerprint density at radius 1 is 1.21 bits per heavy atom. The van der Waals surface area contributed by atoms with Crippen molar-refractivity contribution < 1.29 is 4.79 Å². The highest BCUT2D eigenvalue weighted by Gasteiger charge is 2.30. The predicted octanol–water partition coefficient (Wildman–Crippen LogP) is 5.36. The molecule has 1 aliphatic rings. The number of anilines is 1. The smallest absolute Gasteiger partial charge is 0.244 e. The number of para-hydroxylation sites is 1. The first kappa shape index (κ1) is 20.0. The van der Waals surface area contributed by atoms with E-state index in [-0.39, 0.29) is 11.3 Å². The molecule has 1 saturated heterocycles. The molecule has 1 fully saturated rings. The van der Waals surface area contributed by atoms with E-state index in [1.54, 1.807) is 0 Å². The molecule has 2 nitrogen and oxygen atoms in total. The van der Waals surface area contributed by atoms with Crippen LogP contribution in [0, 0.1) is 0 Å². The van der Waals surface area contributed by atoms with E-state index in [0.29, 0.717) is 4.58 Å². The van der Waals surface area contributed by atoms with Gasteiger partial charge in [-0.3, -0.25) is 4.79 Å². The zero-order chi connectivity index (χ0) is 17.5. The van der Waals surface area contributed by atoms with Crippen LogP contribution in [0.3, 0.4) is 0 Å². The van der Waals surface area contributed by atoms with E-state index in [9.17, 15) is 4.79 Å². The van der Waals surface area contributed by atoms with Crippen molar-refractivity contribution in [2.45, 2.75) is 57.1 Å². The van der Waals surface area contributed by atoms with E-state index >= 15 is 0 Å². The maximum atomic E-state index is 12.2. The molecular weight excluding hydrogens is 358 g/mol. The molecule has 134 valence electrons. The molecule has 1 unspecified atom stereocenters. The zero-order valence-corrected chi connectivity index (χ0v) is 17.3. The van der Waals surface area contributed by atoms with Crippen molar-refractivity contribution in [3.8, 4) is 0 Å². The van der Waals surface area contributed by atoms with E-state index < -0.39 is 0 Å². The van der Waals surface area contributed by atoms with Crippen molar-refractivity contribution in [3.05, 3.63) is 29.3 Å². The van der Waals surface area contributed by atoms with Crippen LogP contribution in [0.5, 0.6) is 0 Å². The molecule has 0 aliphatic carbocycles. The van der Waals surface area contributed by atoms with Gasteiger partial charge in [0.1, 0.15) is 6.04 Å². The SMILES string of the molecule is CCCC(C(=O)Cl)N(CC1SCCS1)c1c(CC)cccc1CC. The fourth-order valence-corrected chi connectivity index (χ4v) is 6.31. The molecule has 0 saturated carbocycles. The summed E-state index contributed by atoms with van der Waals surface area (Å²) in [6, 6.07) is 6.29. The van der Waals surface area contributed by atoms with Crippen molar-refractivity contribution in [3.63, 3.8) is 0 Å². The average molecular weight is 386 g/mol. The Hall–Kier alpha value is -0.320. The van der Waals surface area contributed by atoms with Crippen molar-refractivity contribution in [2.24, 2.45) is 0 Å². The normalized spacial score (nSPS) is 16.3. The van der Waals surface area contributed by atoms with E-state index in [0.717, 1.165) is 32.2 Å². The molecule has 24 heavy (non-hydrogen) atoms. The first-order valence-electron chi connectivity index (χ1n) is 8.92. The summed E-state index contributed by atoms with van der Waals surface area (Å²) in [4.78, 5) is 14.6. The first-order chi connectivity index (χ1) is 11.6. The number of hydrogen-bond donors (Lipinski definition) is 0. The second-order valence-electron chi connectivity index (χ2n) is 6.06. The van der Waals surface area contributed by atoms with E-state index in [1.807, 2.05) is 23.5 Å². The van der Waals surface area contributed by atoms with Gasteiger partial charge in [0.05, 0.1) is 4.58 Å². The summed E-state index contributed by atoms with van der Waals surface area (Å²) >= 11 is 10.1. The molecule has 1 heterocycles. The van der Waals surface area contributed by atoms with Gasteiger partial charge < -0.3 is 4.90 Å². The highest BCUT2D eigenvalue weighted by Crippen LogP contribution is 2.37. The molecule has 1 aliphatic heterocycles. The van der Waals surface area contributed by atoms with Crippen LogP contribution in [0.1, 0.15) is 44.7 Å². The molecule has 1 aromatic rings. The maximum Gasteiger partial charge on any atom is 0.244 e. The van der Waals surface area contributed by atoms with Crippen LogP contribution < -0.4 is 4.90 Å². The predicted molar refractivity (Wildman–Crippen MR) is 111 cm³/mol. The lowest BCUT2D eigenvalue weighted by Crippen LogP contribution is -2.43. The lowest BCUT2D eigenvalue weighted by molar-refractivity contribution is -0.113. The van der Waals surface area contributed by atoms with Crippen molar-refractivity contribution >= 4 is 46.1 Å². The van der Waals surface area contributed by atoms with Crippen molar-refractivity contribution in [2.75, 3.05) is 23.0 Å². The lowest BCUT2D eigenvalue weighted by atomic mass is 9.99. The second-order valence-corrected chi connectivity index (χ2v) is 9.36. The Balaban J connectivity index is 2.45. The molecule has 2 rings (SSSR count). The Bertz CT molecular complexity index is 524. The number of nitrogens with zero attached hydrogens (tertiary/aromatic N) is 1. The number of aryl methyl sites for hydroxylation is 2. The minimum Gasteiger partial charge on any atom is -0.358 e. The number of halogens is 1. The van der Waals surface area contributed by atoms with Gasteiger partial charge in [-0.1, -0.05) is 45.4 Å². The van der Waals surface area contributed by atoms with Gasteiger partial charge >= 0.3 is 0 Å². The molecule has 0 amide bonds. The quantitative estimate of drug-likeness (QED) is 0.533. The maximum absolute atomic E-state index is 12.2. The van der Waals surface area contributed by atoms with Gasteiger partial charge in [-0.05, 0) is 42.0 Å². The van der Waals surface area contributed by atoms with Crippen LogP contribution in [0.15, 0.2) is 18.2 Å². The van der Waals surface area contributed by atoms with Gasteiger partial charge in [0, 0.05) is 23.7 Å². The number of thioether (sulfide) groups is 2. The monoisotopic (exact) mass is 385 g/mol. The number of carbonyl (C=O) groups excluding carboxylic acids is 1. The second kappa shape index (κ2) is 9.98. The van der Waals surface area contributed by atoms with Crippen LogP contribution in [0.4, 0.5) is 5.69 Å². The summed E-state index contributed by atoms with van der Waals surface area (Å²) in [5, 5.41) is -0.224. The zero-order valence-electron chi connectivity index (χ0n) is 14.9. The van der Waals surface area contributed by atoms with Gasteiger partial charge in [0.2, 0.25) is 5.24 Å². The molecule has 0 aromatic heterocycles. The first-order valence-corrected chi connectivity index (χ1v) is 11.4. The standard InChI is InChI=1S/C19H28ClNOS2/c1-4-8-16(19(20)22)21(13-17-23-11-12-24-17)18-14(5-2)9-7-10-15(18)6-3/h7,9-10,16-17H,4-6,8,11-13H2,1-3H3. The third-order valence-corrected chi connectivity index (χ3v) is 7.74. The Morgan fingerprint density at radius 3 is 2.25 bits per heavy atom. The fourth-order valence-electron chi connectivity index (χ4n) is 3.30. The van der Waals surface area contributed by atoms with Crippen LogP contribution in [-0.2, 0) is 17.6 Å². The summed E-state index contributed by atoms with van der Waals surface area (Å²) in [6.45, 7) is 7.39. The van der Waals surface area contributed by atoms with Gasteiger partial charge in [-0.2, -0.15) is 0 Å². The summed E-state index contributed by atoms with van der Waals surface area (Å²) in [7, 11) is 0. The van der Waals surface area contributed by atoms with Crippen LogP contribution in [0.2, 0.25) is 0 Å².